The van der Waals surface area contributed by atoms with Gasteiger partial charge in [0.1, 0.15) is 5.82 Å². The van der Waals surface area contributed by atoms with Crippen LogP contribution in [0.2, 0.25) is 0 Å². The maximum absolute atomic E-state index is 13.4. The zero-order chi connectivity index (χ0) is 21.3. The van der Waals surface area contributed by atoms with Crippen molar-refractivity contribution in [3.8, 4) is 22.6 Å². The van der Waals surface area contributed by atoms with Crippen LogP contribution in [0.4, 0.5) is 23.6 Å². The van der Waals surface area contributed by atoms with Crippen molar-refractivity contribution in [3.05, 3.63) is 76.2 Å². The van der Waals surface area contributed by atoms with E-state index in [0.29, 0.717) is 17.7 Å². The first kappa shape index (κ1) is 19.8. The third-order valence-corrected chi connectivity index (χ3v) is 4.83. The SMILES string of the molecule is O=C(Nc1nnc(-c2cccc(-c3ccsc3)c2)o1)c1ccc(F)c(C(F)(F)F)c1. The van der Waals surface area contributed by atoms with Crippen LogP contribution >= 0.6 is 11.3 Å². The van der Waals surface area contributed by atoms with Gasteiger partial charge in [0.2, 0.25) is 5.89 Å². The first-order valence-corrected chi connectivity index (χ1v) is 9.40. The predicted molar refractivity (Wildman–Crippen MR) is 102 cm³/mol. The lowest BCUT2D eigenvalue weighted by atomic mass is 10.1. The summed E-state index contributed by atoms with van der Waals surface area (Å²) >= 11 is 1.56. The summed E-state index contributed by atoms with van der Waals surface area (Å²) in [5.74, 6) is -2.29. The highest BCUT2D eigenvalue weighted by atomic mass is 32.1. The summed E-state index contributed by atoms with van der Waals surface area (Å²) in [6.07, 6.45) is -4.93. The molecule has 1 amide bonds. The maximum Gasteiger partial charge on any atom is 0.419 e. The minimum Gasteiger partial charge on any atom is -0.403 e. The van der Waals surface area contributed by atoms with Crippen LogP contribution in [0.25, 0.3) is 22.6 Å². The van der Waals surface area contributed by atoms with E-state index < -0.39 is 29.0 Å². The summed E-state index contributed by atoms with van der Waals surface area (Å²) in [6, 6.07) is 10.9. The molecule has 0 bridgehead atoms. The normalized spacial score (nSPS) is 11.5. The molecule has 2 heterocycles. The van der Waals surface area contributed by atoms with E-state index in [9.17, 15) is 22.4 Å². The Balaban J connectivity index is 1.54. The van der Waals surface area contributed by atoms with E-state index in [0.717, 1.165) is 17.2 Å². The van der Waals surface area contributed by atoms with Crippen molar-refractivity contribution in [2.24, 2.45) is 0 Å². The molecular weight excluding hydrogens is 422 g/mol. The largest absolute Gasteiger partial charge is 0.419 e. The van der Waals surface area contributed by atoms with Gasteiger partial charge in [0, 0.05) is 11.1 Å². The van der Waals surface area contributed by atoms with Gasteiger partial charge in [0.25, 0.3) is 5.91 Å². The Morgan fingerprint density at radius 3 is 2.53 bits per heavy atom. The second-order valence-corrected chi connectivity index (χ2v) is 6.93. The molecule has 152 valence electrons. The van der Waals surface area contributed by atoms with Gasteiger partial charge in [-0.05, 0) is 58.3 Å². The van der Waals surface area contributed by atoms with Gasteiger partial charge in [-0.2, -0.15) is 24.5 Å². The van der Waals surface area contributed by atoms with Gasteiger partial charge in [-0.3, -0.25) is 10.1 Å². The molecule has 0 atom stereocenters. The van der Waals surface area contributed by atoms with E-state index in [4.69, 9.17) is 4.42 Å². The molecular formula is C20H11F4N3O2S. The molecule has 1 N–H and O–H groups in total. The van der Waals surface area contributed by atoms with E-state index in [1.165, 1.54) is 0 Å². The number of halogens is 4. The molecule has 2 aromatic heterocycles. The third-order valence-electron chi connectivity index (χ3n) is 4.14. The molecule has 5 nitrogen and oxygen atoms in total. The first-order chi connectivity index (χ1) is 14.3. The fourth-order valence-electron chi connectivity index (χ4n) is 2.70. The van der Waals surface area contributed by atoms with Crippen molar-refractivity contribution in [1.29, 1.82) is 0 Å². The number of thiophene rings is 1. The van der Waals surface area contributed by atoms with Crippen molar-refractivity contribution in [2.45, 2.75) is 6.18 Å². The van der Waals surface area contributed by atoms with Crippen LogP contribution in [-0.2, 0) is 6.18 Å². The van der Waals surface area contributed by atoms with Gasteiger partial charge >= 0.3 is 12.2 Å². The Kier molecular flexibility index (Phi) is 5.08. The number of amides is 1. The van der Waals surface area contributed by atoms with Crippen LogP contribution in [0.3, 0.4) is 0 Å². The number of anilines is 1. The highest BCUT2D eigenvalue weighted by Crippen LogP contribution is 2.32. The topological polar surface area (TPSA) is 68.0 Å². The summed E-state index contributed by atoms with van der Waals surface area (Å²) in [6.45, 7) is 0. The molecule has 4 aromatic rings. The Bertz CT molecular complexity index is 1200. The molecule has 0 fully saturated rings. The zero-order valence-corrected chi connectivity index (χ0v) is 15.7. The number of nitrogens with zero attached hydrogens (tertiary/aromatic N) is 2. The molecule has 0 unspecified atom stereocenters. The third kappa shape index (κ3) is 4.08. The average molecular weight is 433 g/mol. The van der Waals surface area contributed by atoms with Crippen molar-refractivity contribution in [2.75, 3.05) is 5.32 Å². The molecule has 0 radical (unpaired) electrons. The second-order valence-electron chi connectivity index (χ2n) is 6.15. The van der Waals surface area contributed by atoms with Gasteiger partial charge in [-0.1, -0.05) is 17.2 Å². The number of hydrogen-bond acceptors (Lipinski definition) is 5. The highest BCUT2D eigenvalue weighted by Gasteiger charge is 2.34. The summed E-state index contributed by atoms with van der Waals surface area (Å²) in [4.78, 5) is 12.2. The van der Waals surface area contributed by atoms with Crippen LogP contribution in [-0.4, -0.2) is 16.1 Å². The maximum atomic E-state index is 13.4. The molecule has 10 heteroatoms. The monoisotopic (exact) mass is 433 g/mol. The van der Waals surface area contributed by atoms with Crippen LogP contribution in [0.5, 0.6) is 0 Å². The van der Waals surface area contributed by atoms with E-state index in [1.807, 2.05) is 35.0 Å². The van der Waals surface area contributed by atoms with Gasteiger partial charge in [-0.25, -0.2) is 4.39 Å². The molecule has 0 saturated heterocycles. The van der Waals surface area contributed by atoms with Gasteiger partial charge in [0.15, 0.2) is 0 Å². The molecule has 2 aromatic carbocycles. The number of carbonyl (C=O) groups is 1. The standard InChI is InChI=1S/C20H11F4N3O2S/c21-16-5-4-12(9-15(16)20(22,23)24)17(28)25-19-27-26-18(29-19)13-3-1-2-11(8-13)14-6-7-30-10-14/h1-10H,(H,25,27,28). The van der Waals surface area contributed by atoms with E-state index in [-0.39, 0.29) is 11.9 Å². The molecule has 0 aliphatic heterocycles. The van der Waals surface area contributed by atoms with Crippen molar-refractivity contribution < 1.29 is 26.8 Å². The number of benzene rings is 2. The van der Waals surface area contributed by atoms with Crippen LogP contribution in [0.1, 0.15) is 15.9 Å². The molecule has 0 saturated carbocycles. The quantitative estimate of drug-likeness (QED) is 0.409. The average Bonchev–Trinajstić information content (AvgIpc) is 3.40. The minimum absolute atomic E-state index is 0.123. The van der Waals surface area contributed by atoms with Crippen molar-refractivity contribution in [1.82, 2.24) is 10.2 Å². The summed E-state index contributed by atoms with van der Waals surface area (Å²) in [5.41, 5.74) is 0.623. The van der Waals surface area contributed by atoms with Crippen LogP contribution in [0.15, 0.2) is 63.7 Å². The Labute approximate surface area is 171 Å². The first-order valence-electron chi connectivity index (χ1n) is 8.46. The number of rotatable bonds is 4. The van der Waals surface area contributed by atoms with Crippen molar-refractivity contribution >= 4 is 23.3 Å². The van der Waals surface area contributed by atoms with E-state index >= 15 is 0 Å². The van der Waals surface area contributed by atoms with Gasteiger partial charge < -0.3 is 4.42 Å². The summed E-state index contributed by atoms with van der Waals surface area (Å²) in [5, 5.41) is 13.7. The Morgan fingerprint density at radius 2 is 1.80 bits per heavy atom. The molecule has 0 aliphatic rings. The van der Waals surface area contributed by atoms with Gasteiger partial charge in [0.05, 0.1) is 5.56 Å². The van der Waals surface area contributed by atoms with Crippen LogP contribution < -0.4 is 5.32 Å². The molecule has 0 aliphatic carbocycles. The van der Waals surface area contributed by atoms with Gasteiger partial charge in [-0.15, -0.1) is 5.10 Å². The predicted octanol–water partition coefficient (Wildman–Crippen LogP) is 5.88. The number of aromatic nitrogens is 2. The number of carbonyl (C=O) groups excluding carboxylic acids is 1. The summed E-state index contributed by atoms with van der Waals surface area (Å²) < 4.78 is 57.3. The minimum atomic E-state index is -4.93. The lowest BCUT2D eigenvalue weighted by molar-refractivity contribution is -0.140. The fraction of sp³-hybridized carbons (Fsp3) is 0.0500. The molecule has 0 spiro atoms. The van der Waals surface area contributed by atoms with E-state index in [2.05, 4.69) is 15.5 Å². The second kappa shape index (κ2) is 7.71. The fourth-order valence-corrected chi connectivity index (χ4v) is 3.37. The summed E-state index contributed by atoms with van der Waals surface area (Å²) in [7, 11) is 0. The number of alkyl halides is 3. The van der Waals surface area contributed by atoms with E-state index in [1.54, 1.807) is 17.4 Å². The highest BCUT2D eigenvalue weighted by molar-refractivity contribution is 7.08. The lowest BCUT2D eigenvalue weighted by Crippen LogP contribution is -2.15. The zero-order valence-electron chi connectivity index (χ0n) is 14.9. The lowest BCUT2D eigenvalue weighted by Gasteiger charge is -2.09. The molecule has 30 heavy (non-hydrogen) atoms. The molecule has 4 rings (SSSR count). The Hall–Kier alpha value is -3.53. The van der Waals surface area contributed by atoms with Crippen molar-refractivity contribution in [3.63, 3.8) is 0 Å². The Morgan fingerprint density at radius 1 is 1.00 bits per heavy atom. The van der Waals surface area contributed by atoms with Crippen LogP contribution in [0, 0.1) is 5.82 Å². The number of hydrogen-bond donors (Lipinski definition) is 1. The smallest absolute Gasteiger partial charge is 0.403 e. The number of nitrogens with one attached hydrogen (secondary N) is 1.